The Balaban J connectivity index is 0.000000171. The minimum absolute atomic E-state index is 0. The predicted molar refractivity (Wildman–Crippen MR) is 246 cm³/mol. The fraction of sp³-hybridized carbons (Fsp3) is 0.154. The number of rotatable bonds is 6. The first-order chi connectivity index (χ1) is 27.6. The number of fused-ring (bicyclic) bond motifs is 7. The predicted octanol–water partition coefficient (Wildman–Crippen LogP) is 14.2. The van der Waals surface area contributed by atoms with Crippen molar-refractivity contribution in [1.29, 1.82) is 0 Å². The topological polar surface area (TPSA) is 38.9 Å². The van der Waals surface area contributed by atoms with E-state index in [1.807, 2.05) is 48.0 Å². The zero-order valence-electron chi connectivity index (χ0n) is 33.6. The second kappa shape index (κ2) is 16.4. The van der Waals surface area contributed by atoms with Crippen LogP contribution in [0, 0.1) is 25.0 Å². The van der Waals surface area contributed by atoms with E-state index in [9.17, 15) is 0 Å². The van der Waals surface area contributed by atoms with Crippen LogP contribution in [0.3, 0.4) is 0 Å². The number of furan rings is 1. The van der Waals surface area contributed by atoms with E-state index in [1.165, 1.54) is 52.0 Å². The van der Waals surface area contributed by atoms with Gasteiger partial charge in [-0.25, -0.2) is 0 Å². The molecule has 0 unspecified atom stereocenters. The molecule has 6 heteroatoms. The van der Waals surface area contributed by atoms with E-state index in [0.717, 1.165) is 56.4 Å². The summed E-state index contributed by atoms with van der Waals surface area (Å²) in [6, 6.07) is 52.2. The molecule has 0 atom stereocenters. The van der Waals surface area contributed by atoms with E-state index in [4.69, 9.17) is 9.40 Å². The summed E-state index contributed by atoms with van der Waals surface area (Å²) in [5, 5.41) is 7.43. The Labute approximate surface area is 360 Å². The molecule has 3 nitrogen and oxygen atoms in total. The molecule has 58 heavy (non-hydrogen) atoms. The number of pyridine rings is 2. The largest absolute Gasteiger partial charge is 0 e. The Bertz CT molecular complexity index is 3080. The molecule has 0 saturated heterocycles. The van der Waals surface area contributed by atoms with Crippen LogP contribution in [0.15, 0.2) is 144 Å². The van der Waals surface area contributed by atoms with Crippen LogP contribution in [0.25, 0.3) is 86.5 Å². The molecule has 10 aromatic rings. The van der Waals surface area contributed by atoms with E-state index < -0.39 is 13.3 Å². The van der Waals surface area contributed by atoms with Gasteiger partial charge in [-0.3, -0.25) is 0 Å². The van der Waals surface area contributed by atoms with Crippen molar-refractivity contribution in [2.24, 2.45) is 5.92 Å². The molecule has 0 N–H and O–H groups in total. The first kappa shape index (κ1) is 39.9. The molecular weight excluding hydrogens is 965 g/mol. The third-order valence-electron chi connectivity index (χ3n) is 10.7. The summed E-state index contributed by atoms with van der Waals surface area (Å²) in [5.74, 6) is 7.76. The standard InChI is InChI=1S/C32H26NS.C20H18GeNO.Ir/c1-20(2)15-22-13-14-33-30(18-22)29-17-21(3)16-28-27-19-24(11-12-31(27)34-32(28)29)26-10-6-8-23-7-4-5-9-25(23)26;1-21(2,3)15-9-10-18(22-13-15)14-8-11-20-17(12-14)16-6-4-5-7-19(16)23-20;/h4-14,16,18-20H,15H2,1-3H3;4-7,9-13H,1-3H3;/q2*-1;. The molecule has 4 heterocycles. The van der Waals surface area contributed by atoms with Crippen molar-refractivity contribution in [2.75, 3.05) is 0 Å². The van der Waals surface area contributed by atoms with Crippen molar-refractivity contribution < 1.29 is 24.5 Å². The Hall–Kier alpha value is -4.91. The number of aryl methyl sites for hydroxylation is 1. The Kier molecular flexibility index (Phi) is 11.3. The van der Waals surface area contributed by atoms with E-state index >= 15 is 0 Å². The summed E-state index contributed by atoms with van der Waals surface area (Å²) in [4.78, 5) is 9.42. The summed E-state index contributed by atoms with van der Waals surface area (Å²) in [6.45, 7) is 6.66. The van der Waals surface area contributed by atoms with Gasteiger partial charge in [-0.1, -0.05) is 86.3 Å². The zero-order valence-corrected chi connectivity index (χ0v) is 38.9. The third kappa shape index (κ3) is 7.94. The molecule has 10 rings (SSSR count). The Morgan fingerprint density at radius 2 is 1.50 bits per heavy atom. The molecular formula is C52H44GeIrN2OS-2. The third-order valence-corrected chi connectivity index (χ3v) is 16.1. The van der Waals surface area contributed by atoms with Gasteiger partial charge in [0.25, 0.3) is 0 Å². The maximum absolute atomic E-state index is 5.86. The number of para-hydroxylation sites is 1. The van der Waals surface area contributed by atoms with Crippen molar-refractivity contribution in [3.8, 4) is 33.6 Å². The van der Waals surface area contributed by atoms with Gasteiger partial charge in [0.2, 0.25) is 0 Å². The van der Waals surface area contributed by atoms with Gasteiger partial charge in [0.15, 0.2) is 0 Å². The number of hydrogen-bond acceptors (Lipinski definition) is 4. The molecule has 0 aliphatic carbocycles. The SMILES string of the molecule is Cc1[c-]c(-c2cc(CC(C)C)ccn2)c2sc3ccc(-c4cccc5ccccc45)cc3c2c1.[CH3][Ge]([CH3])([CH3])[c]1ccc(-c2[c-]cc3oc4ccccc4c3c2)nc1.[Ir]. The summed E-state index contributed by atoms with van der Waals surface area (Å²) in [6.07, 6.45) is 5.05. The van der Waals surface area contributed by atoms with Gasteiger partial charge in [0.05, 0.1) is 0 Å². The molecule has 0 amide bonds. The first-order valence-corrected chi connectivity index (χ1v) is 27.9. The Morgan fingerprint density at radius 1 is 0.707 bits per heavy atom. The molecule has 1 radical (unpaired) electrons. The zero-order chi connectivity index (χ0) is 39.3. The van der Waals surface area contributed by atoms with Crippen molar-refractivity contribution in [2.45, 2.75) is 44.5 Å². The summed E-state index contributed by atoms with van der Waals surface area (Å²) < 4.78 is 9.85. The normalized spacial score (nSPS) is 11.7. The average Bonchev–Trinajstić information content (AvgIpc) is 3.78. The summed E-state index contributed by atoms with van der Waals surface area (Å²) in [7, 11) is 0. The number of nitrogens with zero attached hydrogens (tertiary/aromatic N) is 2. The maximum atomic E-state index is 5.86. The molecule has 0 fully saturated rings. The van der Waals surface area contributed by atoms with Gasteiger partial charge in [0, 0.05) is 31.0 Å². The molecule has 0 aliphatic heterocycles. The minimum atomic E-state index is -1.81. The fourth-order valence-electron chi connectivity index (χ4n) is 7.80. The van der Waals surface area contributed by atoms with E-state index in [2.05, 4.69) is 158 Å². The van der Waals surface area contributed by atoms with Crippen LogP contribution < -0.4 is 4.40 Å². The van der Waals surface area contributed by atoms with Gasteiger partial charge in [0.1, 0.15) is 0 Å². The molecule has 4 aromatic heterocycles. The van der Waals surface area contributed by atoms with Crippen LogP contribution in [0.2, 0.25) is 17.3 Å². The molecule has 0 saturated carbocycles. The van der Waals surface area contributed by atoms with Gasteiger partial charge in [-0.2, -0.15) is 11.3 Å². The van der Waals surface area contributed by atoms with Gasteiger partial charge in [-0.05, 0) is 68.2 Å². The minimum Gasteiger partial charge on any atom is 0 e. The van der Waals surface area contributed by atoms with Gasteiger partial charge >= 0.3 is 138 Å². The van der Waals surface area contributed by atoms with E-state index in [-0.39, 0.29) is 20.1 Å². The van der Waals surface area contributed by atoms with Crippen molar-refractivity contribution in [3.05, 3.63) is 163 Å². The fourth-order valence-corrected chi connectivity index (χ4v) is 11.1. The van der Waals surface area contributed by atoms with Crippen LogP contribution in [-0.4, -0.2) is 23.2 Å². The van der Waals surface area contributed by atoms with Gasteiger partial charge in [-0.15, -0.1) is 23.3 Å². The molecule has 0 bridgehead atoms. The monoisotopic (exact) mass is 1010 g/mol. The molecule has 289 valence electrons. The average molecular weight is 1010 g/mol. The summed E-state index contributed by atoms with van der Waals surface area (Å²) in [5.41, 5.74) is 10.9. The number of benzene rings is 6. The first-order valence-electron chi connectivity index (χ1n) is 19.7. The number of aromatic nitrogens is 2. The molecule has 6 aromatic carbocycles. The number of hydrogen-bond donors (Lipinski definition) is 0. The molecule has 0 spiro atoms. The van der Waals surface area contributed by atoms with Crippen molar-refractivity contribution >= 4 is 81.9 Å². The summed E-state index contributed by atoms with van der Waals surface area (Å²) >= 11 is 0.0350. The van der Waals surface area contributed by atoms with Crippen molar-refractivity contribution in [1.82, 2.24) is 9.97 Å². The van der Waals surface area contributed by atoms with Gasteiger partial charge < -0.3 is 4.98 Å². The molecule has 0 aliphatic rings. The van der Waals surface area contributed by atoms with Crippen molar-refractivity contribution in [3.63, 3.8) is 0 Å². The quantitative estimate of drug-likeness (QED) is 0.123. The van der Waals surface area contributed by atoms with E-state index in [0.29, 0.717) is 5.92 Å². The van der Waals surface area contributed by atoms with E-state index in [1.54, 1.807) is 0 Å². The van der Waals surface area contributed by atoms with Crippen LogP contribution in [-0.2, 0) is 26.5 Å². The second-order valence-electron chi connectivity index (χ2n) is 16.5. The van der Waals surface area contributed by atoms with Crippen LogP contribution in [0.1, 0.15) is 25.0 Å². The van der Waals surface area contributed by atoms with Crippen LogP contribution >= 0.6 is 11.3 Å². The van der Waals surface area contributed by atoms with Crippen LogP contribution in [0.5, 0.6) is 0 Å². The smallest absolute Gasteiger partial charge is 0 e. The number of thiophene rings is 1. The van der Waals surface area contributed by atoms with Crippen LogP contribution in [0.4, 0.5) is 0 Å². The maximum Gasteiger partial charge on any atom is 0 e. The second-order valence-corrected chi connectivity index (χ2v) is 28.2. The Morgan fingerprint density at radius 3 is 2.29 bits per heavy atom.